The Kier molecular flexibility index (Phi) is 4.40. The smallest absolute Gasteiger partial charge is 0.138 e. The van der Waals surface area contributed by atoms with Gasteiger partial charge in [-0.1, -0.05) is 42.0 Å². The number of rotatable bonds is 5. The van der Waals surface area contributed by atoms with Crippen LogP contribution in [-0.4, -0.2) is 5.11 Å². The number of aryl methyl sites for hydroxylation is 3. The molecule has 4 aromatic rings. The van der Waals surface area contributed by atoms with Crippen LogP contribution in [0.15, 0.2) is 69.5 Å². The van der Waals surface area contributed by atoms with E-state index in [1.807, 2.05) is 68.4 Å². The van der Waals surface area contributed by atoms with Gasteiger partial charge in [-0.3, -0.25) is 0 Å². The molecular weight excluding hydrogens is 336 g/mol. The van der Waals surface area contributed by atoms with Crippen LogP contribution in [0.4, 0.5) is 0 Å². The van der Waals surface area contributed by atoms with E-state index in [4.69, 9.17) is 8.83 Å². The molecule has 3 nitrogen and oxygen atoms in total. The summed E-state index contributed by atoms with van der Waals surface area (Å²) in [4.78, 5) is 0. The van der Waals surface area contributed by atoms with Crippen molar-refractivity contribution < 1.29 is 13.9 Å². The first-order chi connectivity index (χ1) is 12.9. The Bertz CT molecular complexity index is 1070. The van der Waals surface area contributed by atoms with E-state index in [0.717, 1.165) is 39.4 Å². The van der Waals surface area contributed by atoms with Gasteiger partial charge in [0, 0.05) is 11.8 Å². The molecule has 0 bridgehead atoms. The first-order valence-electron chi connectivity index (χ1n) is 9.31. The zero-order chi connectivity index (χ0) is 19.0. The molecule has 27 heavy (non-hydrogen) atoms. The number of aliphatic hydroxyl groups is 1. The maximum absolute atomic E-state index is 11.0. The average Bonchev–Trinajstić information content (AvgIpc) is 3.23. The van der Waals surface area contributed by atoms with Gasteiger partial charge >= 0.3 is 0 Å². The van der Waals surface area contributed by atoms with Gasteiger partial charge in [0.25, 0.3) is 0 Å². The lowest BCUT2D eigenvalue weighted by Crippen LogP contribution is -2.21. The van der Waals surface area contributed by atoms with E-state index in [9.17, 15) is 5.11 Å². The highest BCUT2D eigenvalue weighted by Gasteiger charge is 2.26. The normalized spacial score (nSPS) is 13.8. The predicted octanol–water partition coefficient (Wildman–Crippen LogP) is 6.15. The van der Waals surface area contributed by atoms with E-state index >= 15 is 0 Å². The molecule has 2 aromatic carbocycles. The van der Waals surface area contributed by atoms with Crippen molar-refractivity contribution in [3.05, 3.63) is 83.3 Å². The van der Waals surface area contributed by atoms with Crippen molar-refractivity contribution >= 4 is 11.0 Å². The Hall–Kier alpha value is -2.78. The van der Waals surface area contributed by atoms with Gasteiger partial charge in [-0.15, -0.1) is 0 Å². The van der Waals surface area contributed by atoms with Gasteiger partial charge in [0.2, 0.25) is 0 Å². The Labute approximate surface area is 159 Å². The molecule has 0 aliphatic carbocycles. The minimum absolute atomic E-state index is 0.558. The predicted molar refractivity (Wildman–Crippen MR) is 108 cm³/mol. The van der Waals surface area contributed by atoms with E-state index in [2.05, 4.69) is 13.0 Å². The summed E-state index contributed by atoms with van der Waals surface area (Å²) in [6.07, 6.45) is 1.17. The summed E-state index contributed by atoms with van der Waals surface area (Å²) < 4.78 is 12.1. The monoisotopic (exact) mass is 360 g/mol. The maximum Gasteiger partial charge on any atom is 0.138 e. The van der Waals surface area contributed by atoms with E-state index in [1.165, 1.54) is 5.56 Å². The third kappa shape index (κ3) is 3.43. The van der Waals surface area contributed by atoms with Crippen LogP contribution < -0.4 is 0 Å². The summed E-state index contributed by atoms with van der Waals surface area (Å²) >= 11 is 0. The van der Waals surface area contributed by atoms with E-state index in [1.54, 1.807) is 0 Å². The first kappa shape index (κ1) is 17.6. The molecule has 0 aliphatic heterocycles. The molecule has 2 aromatic heterocycles. The quantitative estimate of drug-likeness (QED) is 0.464. The summed E-state index contributed by atoms with van der Waals surface area (Å²) in [6, 6.07) is 19.9. The number of hydrogen-bond acceptors (Lipinski definition) is 3. The molecule has 138 valence electrons. The summed E-state index contributed by atoms with van der Waals surface area (Å²) in [5.74, 6) is 2.53. The maximum atomic E-state index is 11.0. The fourth-order valence-electron chi connectivity index (χ4n) is 3.58. The molecule has 2 heterocycles. The molecule has 0 spiro atoms. The minimum atomic E-state index is -0.924. The Morgan fingerprint density at radius 3 is 2.41 bits per heavy atom. The fourth-order valence-corrected chi connectivity index (χ4v) is 3.58. The van der Waals surface area contributed by atoms with Crippen LogP contribution in [0.25, 0.3) is 22.3 Å². The van der Waals surface area contributed by atoms with Crippen molar-refractivity contribution in [3.63, 3.8) is 0 Å². The van der Waals surface area contributed by atoms with Crippen LogP contribution in [-0.2, 0) is 12.0 Å². The van der Waals surface area contributed by atoms with Crippen LogP contribution >= 0.6 is 0 Å². The summed E-state index contributed by atoms with van der Waals surface area (Å²) in [6.45, 7) is 5.87. The molecule has 0 fully saturated rings. The van der Waals surface area contributed by atoms with E-state index in [0.29, 0.717) is 12.8 Å². The number of benzene rings is 2. The molecule has 1 unspecified atom stereocenters. The molecule has 3 heteroatoms. The van der Waals surface area contributed by atoms with Gasteiger partial charge < -0.3 is 13.9 Å². The lowest BCUT2D eigenvalue weighted by atomic mass is 9.90. The molecular formula is C24H24O3. The van der Waals surface area contributed by atoms with Crippen molar-refractivity contribution in [1.29, 1.82) is 0 Å². The van der Waals surface area contributed by atoms with Crippen molar-refractivity contribution in [2.75, 3.05) is 0 Å². The van der Waals surface area contributed by atoms with Gasteiger partial charge in [0.1, 0.15) is 22.9 Å². The highest BCUT2D eigenvalue weighted by molar-refractivity contribution is 5.94. The van der Waals surface area contributed by atoms with Crippen molar-refractivity contribution in [2.24, 2.45) is 0 Å². The van der Waals surface area contributed by atoms with Crippen molar-refractivity contribution in [1.82, 2.24) is 0 Å². The van der Waals surface area contributed by atoms with Gasteiger partial charge in [0.15, 0.2) is 0 Å². The molecule has 0 saturated heterocycles. The van der Waals surface area contributed by atoms with Gasteiger partial charge in [-0.25, -0.2) is 0 Å². The fraction of sp³-hybridized carbons (Fsp3) is 0.250. The largest absolute Gasteiger partial charge is 0.461 e. The first-order valence-corrected chi connectivity index (χ1v) is 9.31. The topological polar surface area (TPSA) is 46.5 Å². The van der Waals surface area contributed by atoms with Crippen LogP contribution in [0.1, 0.15) is 36.0 Å². The second-order valence-electron chi connectivity index (χ2n) is 7.45. The SMILES string of the molecule is Cc1ccc2oc(CCC(C)(O)c3ccccc3)c(-c3ccc(C)o3)c2c1. The molecule has 1 N–H and O–H groups in total. The summed E-state index contributed by atoms with van der Waals surface area (Å²) in [7, 11) is 0. The van der Waals surface area contributed by atoms with Crippen molar-refractivity contribution in [3.8, 4) is 11.3 Å². The highest BCUT2D eigenvalue weighted by Crippen LogP contribution is 2.38. The Morgan fingerprint density at radius 2 is 1.70 bits per heavy atom. The highest BCUT2D eigenvalue weighted by atomic mass is 16.4. The number of furan rings is 2. The van der Waals surface area contributed by atoms with Gasteiger partial charge in [-0.2, -0.15) is 0 Å². The molecule has 0 radical (unpaired) electrons. The summed E-state index contributed by atoms with van der Waals surface area (Å²) in [5, 5.41) is 12.0. The Morgan fingerprint density at radius 1 is 0.926 bits per heavy atom. The Balaban J connectivity index is 1.73. The standard InChI is InChI=1S/C24H24O3/c1-16-9-11-20-19(15-16)23(21-12-10-17(2)26-21)22(27-20)13-14-24(3,25)18-7-5-4-6-8-18/h4-12,15,25H,13-14H2,1-3H3. The minimum Gasteiger partial charge on any atom is -0.461 e. The second-order valence-corrected chi connectivity index (χ2v) is 7.45. The zero-order valence-electron chi connectivity index (χ0n) is 16.0. The third-order valence-electron chi connectivity index (χ3n) is 5.14. The molecule has 4 rings (SSSR count). The third-order valence-corrected chi connectivity index (χ3v) is 5.14. The lowest BCUT2D eigenvalue weighted by Gasteiger charge is -2.23. The number of fused-ring (bicyclic) bond motifs is 1. The zero-order valence-corrected chi connectivity index (χ0v) is 16.0. The van der Waals surface area contributed by atoms with E-state index < -0.39 is 5.60 Å². The van der Waals surface area contributed by atoms with Crippen LogP contribution in [0.2, 0.25) is 0 Å². The van der Waals surface area contributed by atoms with Gasteiger partial charge in [-0.05, 0) is 57.0 Å². The van der Waals surface area contributed by atoms with Gasteiger partial charge in [0.05, 0.1) is 11.2 Å². The van der Waals surface area contributed by atoms with Crippen molar-refractivity contribution in [2.45, 2.75) is 39.2 Å². The lowest BCUT2D eigenvalue weighted by molar-refractivity contribution is 0.0468. The molecule has 0 saturated carbocycles. The van der Waals surface area contributed by atoms with E-state index in [-0.39, 0.29) is 0 Å². The van der Waals surface area contributed by atoms with Crippen LogP contribution in [0.5, 0.6) is 0 Å². The molecule has 1 atom stereocenters. The summed E-state index contributed by atoms with van der Waals surface area (Å²) in [5.41, 5.74) is 3.00. The van der Waals surface area contributed by atoms with Crippen LogP contribution in [0.3, 0.4) is 0 Å². The molecule has 0 aliphatic rings. The van der Waals surface area contributed by atoms with Crippen LogP contribution in [0, 0.1) is 13.8 Å². The average molecular weight is 360 g/mol. The molecule has 0 amide bonds. The second kappa shape index (κ2) is 6.75. The number of hydrogen-bond donors (Lipinski definition) is 1.